The Morgan fingerprint density at radius 1 is 0.692 bits per heavy atom. The Balaban J connectivity index is 4.33. The highest BCUT2D eigenvalue weighted by Crippen LogP contribution is 2.38. The fraction of sp³-hybridized carbons (Fsp3) is 0.967. The SMILES string of the molecule is CCCCCCCCCCCCCC(=O)OC(COCCCCCCCC)COP(=O)([O-])OCC[N+](C)(C)C. The van der Waals surface area contributed by atoms with E-state index in [4.69, 9.17) is 18.5 Å². The van der Waals surface area contributed by atoms with Crippen LogP contribution in [0.3, 0.4) is 0 Å². The van der Waals surface area contributed by atoms with E-state index in [0.717, 1.165) is 32.1 Å². The highest BCUT2D eigenvalue weighted by atomic mass is 31.2. The van der Waals surface area contributed by atoms with Gasteiger partial charge in [-0.1, -0.05) is 110 Å². The number of esters is 1. The van der Waals surface area contributed by atoms with Crippen molar-refractivity contribution in [2.24, 2.45) is 0 Å². The van der Waals surface area contributed by atoms with Crippen LogP contribution >= 0.6 is 7.82 Å². The number of unbranched alkanes of at least 4 members (excludes halogenated alkanes) is 15. The predicted molar refractivity (Wildman–Crippen MR) is 158 cm³/mol. The minimum Gasteiger partial charge on any atom is -0.756 e. The van der Waals surface area contributed by atoms with Gasteiger partial charge in [0.1, 0.15) is 19.3 Å². The Hall–Kier alpha value is -0.500. The summed E-state index contributed by atoms with van der Waals surface area (Å²) in [6.07, 6.45) is 19.8. The average Bonchev–Trinajstić information content (AvgIpc) is 2.86. The quantitative estimate of drug-likeness (QED) is 0.0401. The molecule has 0 aromatic rings. The predicted octanol–water partition coefficient (Wildman–Crippen LogP) is 7.18. The fourth-order valence-corrected chi connectivity index (χ4v) is 4.86. The van der Waals surface area contributed by atoms with Gasteiger partial charge in [0.2, 0.25) is 0 Å². The Morgan fingerprint density at radius 2 is 1.18 bits per heavy atom. The third-order valence-electron chi connectivity index (χ3n) is 6.66. The molecule has 0 rings (SSSR count). The normalized spacial score (nSPS) is 14.3. The molecule has 39 heavy (non-hydrogen) atoms. The lowest BCUT2D eigenvalue weighted by molar-refractivity contribution is -0.870. The number of quaternary nitrogens is 1. The van der Waals surface area contributed by atoms with Gasteiger partial charge in [0.15, 0.2) is 0 Å². The van der Waals surface area contributed by atoms with Gasteiger partial charge in [0.25, 0.3) is 7.82 Å². The molecule has 0 N–H and O–H groups in total. The first kappa shape index (κ1) is 38.5. The van der Waals surface area contributed by atoms with Crippen molar-refractivity contribution in [1.29, 1.82) is 0 Å². The van der Waals surface area contributed by atoms with E-state index in [9.17, 15) is 14.3 Å². The van der Waals surface area contributed by atoms with Crippen LogP contribution < -0.4 is 4.89 Å². The van der Waals surface area contributed by atoms with Gasteiger partial charge < -0.3 is 27.9 Å². The van der Waals surface area contributed by atoms with Crippen LogP contribution in [0.25, 0.3) is 0 Å². The minimum atomic E-state index is -4.49. The number of ether oxygens (including phenoxy) is 2. The standard InChI is InChI=1S/C30H62NO7P/c1-6-8-10-12-14-15-16-17-18-19-21-23-30(32)38-29(27-35-25-22-20-13-11-9-7-2)28-37-39(33,34)36-26-24-31(3,4)5/h29H,6-28H2,1-5H3. The van der Waals surface area contributed by atoms with Crippen LogP contribution in [0.5, 0.6) is 0 Å². The van der Waals surface area contributed by atoms with Gasteiger partial charge in [-0.2, -0.15) is 0 Å². The van der Waals surface area contributed by atoms with Crippen molar-refractivity contribution >= 4 is 13.8 Å². The highest BCUT2D eigenvalue weighted by Gasteiger charge is 2.20. The Bertz CT molecular complexity index is 613. The molecular formula is C30H62NO7P. The molecule has 9 heteroatoms. The van der Waals surface area contributed by atoms with Crippen molar-refractivity contribution in [1.82, 2.24) is 0 Å². The second-order valence-corrected chi connectivity index (χ2v) is 13.2. The first-order chi connectivity index (χ1) is 18.6. The van der Waals surface area contributed by atoms with E-state index in [1.807, 2.05) is 21.1 Å². The molecule has 0 bridgehead atoms. The molecule has 0 aromatic carbocycles. The Labute approximate surface area is 240 Å². The van der Waals surface area contributed by atoms with Crippen LogP contribution in [0, 0.1) is 0 Å². The number of rotatable bonds is 29. The van der Waals surface area contributed by atoms with Crippen molar-refractivity contribution in [2.45, 2.75) is 136 Å². The topological polar surface area (TPSA) is 94.1 Å². The summed E-state index contributed by atoms with van der Waals surface area (Å²) in [6.45, 7) is 5.34. The molecule has 0 spiro atoms. The Morgan fingerprint density at radius 3 is 1.69 bits per heavy atom. The molecule has 0 aliphatic carbocycles. The van der Waals surface area contributed by atoms with E-state index in [1.54, 1.807) is 0 Å². The lowest BCUT2D eigenvalue weighted by atomic mass is 10.1. The van der Waals surface area contributed by atoms with Crippen molar-refractivity contribution in [3.63, 3.8) is 0 Å². The zero-order valence-electron chi connectivity index (χ0n) is 26.1. The van der Waals surface area contributed by atoms with Gasteiger partial charge in [-0.05, 0) is 12.8 Å². The van der Waals surface area contributed by atoms with E-state index < -0.39 is 13.9 Å². The molecule has 0 amide bonds. The molecule has 0 radical (unpaired) electrons. The molecule has 0 heterocycles. The number of nitrogens with zero attached hydrogens (tertiary/aromatic N) is 1. The number of likely N-dealkylation sites (N-methyl/N-ethyl adjacent to an activating group) is 1. The highest BCUT2D eigenvalue weighted by molar-refractivity contribution is 7.45. The van der Waals surface area contributed by atoms with Gasteiger partial charge in [-0.15, -0.1) is 0 Å². The van der Waals surface area contributed by atoms with Gasteiger partial charge in [-0.3, -0.25) is 9.36 Å². The van der Waals surface area contributed by atoms with Crippen molar-refractivity contribution < 1.29 is 37.3 Å². The molecule has 8 nitrogen and oxygen atoms in total. The monoisotopic (exact) mass is 579 g/mol. The summed E-state index contributed by atoms with van der Waals surface area (Å²) < 4.78 is 34.1. The molecule has 2 atom stereocenters. The average molecular weight is 580 g/mol. The molecule has 0 aliphatic heterocycles. The molecule has 2 unspecified atom stereocenters. The second-order valence-electron chi connectivity index (χ2n) is 11.8. The number of carbonyl (C=O) groups excluding carboxylic acids is 1. The number of hydrogen-bond acceptors (Lipinski definition) is 7. The third-order valence-corrected chi connectivity index (χ3v) is 7.62. The maximum Gasteiger partial charge on any atom is 0.306 e. The van der Waals surface area contributed by atoms with Crippen LogP contribution in [0.15, 0.2) is 0 Å². The molecule has 0 saturated carbocycles. The van der Waals surface area contributed by atoms with Crippen molar-refractivity contribution in [2.75, 3.05) is 54.1 Å². The second kappa shape index (κ2) is 25.2. The van der Waals surface area contributed by atoms with E-state index in [-0.39, 0.29) is 25.8 Å². The summed E-state index contributed by atoms with van der Waals surface area (Å²) in [4.78, 5) is 24.6. The maximum absolute atomic E-state index is 12.4. The third kappa shape index (κ3) is 28.8. The van der Waals surface area contributed by atoms with Gasteiger partial charge >= 0.3 is 5.97 Å². The lowest BCUT2D eigenvalue weighted by Crippen LogP contribution is -2.37. The van der Waals surface area contributed by atoms with Gasteiger partial charge in [0, 0.05) is 13.0 Å². The van der Waals surface area contributed by atoms with Gasteiger partial charge in [-0.25, -0.2) is 0 Å². The van der Waals surface area contributed by atoms with Crippen molar-refractivity contribution in [3.8, 4) is 0 Å². The number of carbonyl (C=O) groups is 1. The first-order valence-corrected chi connectivity index (χ1v) is 17.2. The summed E-state index contributed by atoms with van der Waals surface area (Å²) >= 11 is 0. The Kier molecular flexibility index (Phi) is 24.9. The molecule has 0 aliphatic rings. The number of phosphoric ester groups is 1. The van der Waals surface area contributed by atoms with E-state index in [0.29, 0.717) is 24.1 Å². The summed E-state index contributed by atoms with van der Waals surface area (Å²) in [7, 11) is 1.36. The van der Waals surface area contributed by atoms with Crippen LogP contribution in [0.2, 0.25) is 0 Å². The molecular weight excluding hydrogens is 517 g/mol. The zero-order chi connectivity index (χ0) is 29.2. The smallest absolute Gasteiger partial charge is 0.306 e. The van der Waals surface area contributed by atoms with Crippen LogP contribution in [0.1, 0.15) is 129 Å². The molecule has 0 saturated heterocycles. The summed E-state index contributed by atoms with van der Waals surface area (Å²) in [5.41, 5.74) is 0. The van der Waals surface area contributed by atoms with E-state index in [1.165, 1.54) is 77.0 Å². The molecule has 0 fully saturated rings. The van der Waals surface area contributed by atoms with Crippen LogP contribution in [-0.4, -0.2) is 70.7 Å². The number of hydrogen-bond donors (Lipinski definition) is 0. The van der Waals surface area contributed by atoms with Gasteiger partial charge in [0.05, 0.1) is 34.4 Å². The van der Waals surface area contributed by atoms with Crippen molar-refractivity contribution in [3.05, 3.63) is 0 Å². The minimum absolute atomic E-state index is 0.0299. The summed E-state index contributed by atoms with van der Waals surface area (Å²) in [5.74, 6) is -0.339. The number of phosphoric acid groups is 1. The zero-order valence-corrected chi connectivity index (χ0v) is 27.0. The van der Waals surface area contributed by atoms with Crippen LogP contribution in [-0.2, 0) is 27.9 Å². The van der Waals surface area contributed by atoms with Crippen LogP contribution in [0.4, 0.5) is 0 Å². The molecule has 234 valence electrons. The summed E-state index contributed by atoms with van der Waals surface area (Å²) in [5, 5.41) is 0. The maximum atomic E-state index is 12.4. The largest absolute Gasteiger partial charge is 0.756 e. The fourth-order valence-electron chi connectivity index (χ4n) is 4.13. The van der Waals surface area contributed by atoms with E-state index in [2.05, 4.69) is 13.8 Å². The summed E-state index contributed by atoms with van der Waals surface area (Å²) in [6, 6.07) is 0. The lowest BCUT2D eigenvalue weighted by Gasteiger charge is -2.28. The first-order valence-electron chi connectivity index (χ1n) is 15.8. The van der Waals surface area contributed by atoms with E-state index >= 15 is 0 Å². The molecule has 0 aromatic heterocycles.